The minimum Gasteiger partial charge on any atom is -0.497 e. The number of benzene rings is 1. The van der Waals surface area contributed by atoms with Gasteiger partial charge < -0.3 is 37.3 Å². The average Bonchev–Trinajstić information content (AvgIpc) is 3.19. The summed E-state index contributed by atoms with van der Waals surface area (Å²) in [5, 5.41) is 0. The van der Waals surface area contributed by atoms with Crippen LogP contribution in [0.25, 0.3) is 0 Å². The fraction of sp³-hybridized carbons (Fsp3) is 0.727. The van der Waals surface area contributed by atoms with Crippen LogP contribution in [0.2, 0.25) is 0 Å². The molecular formula is C22H37O8PS. The minimum absolute atomic E-state index is 0.136. The van der Waals surface area contributed by atoms with E-state index in [0.717, 1.165) is 11.3 Å². The van der Waals surface area contributed by atoms with Gasteiger partial charge in [-0.2, -0.15) is 0 Å². The van der Waals surface area contributed by atoms with Crippen molar-refractivity contribution in [1.82, 2.24) is 0 Å². The van der Waals surface area contributed by atoms with Gasteiger partial charge in [-0.15, -0.1) is 0 Å². The molecule has 10 heteroatoms. The maximum absolute atomic E-state index is 5.97. The molecule has 0 spiro atoms. The maximum atomic E-state index is 5.97. The smallest absolute Gasteiger partial charge is 0.328 e. The number of ether oxygens (including phenoxy) is 5. The molecule has 0 amide bonds. The lowest BCUT2D eigenvalue weighted by atomic mass is 10.2. The number of hydrogen-bond donors (Lipinski definition) is 0. The van der Waals surface area contributed by atoms with Gasteiger partial charge in [0.05, 0.1) is 45.2 Å². The van der Waals surface area contributed by atoms with Crippen LogP contribution in [-0.2, 0) is 44.3 Å². The van der Waals surface area contributed by atoms with Crippen molar-refractivity contribution in [1.29, 1.82) is 0 Å². The van der Waals surface area contributed by atoms with Gasteiger partial charge in [-0.3, -0.25) is 0 Å². The molecule has 4 unspecified atom stereocenters. The number of hydrogen-bond acceptors (Lipinski definition) is 9. The summed E-state index contributed by atoms with van der Waals surface area (Å²) in [6.07, 6.45) is 0.0137. The lowest BCUT2D eigenvalue weighted by molar-refractivity contribution is -0.0752. The van der Waals surface area contributed by atoms with Gasteiger partial charge in [-0.1, -0.05) is 12.1 Å². The molecule has 0 aromatic heterocycles. The van der Waals surface area contributed by atoms with Gasteiger partial charge in [0, 0.05) is 19.3 Å². The van der Waals surface area contributed by atoms with E-state index >= 15 is 0 Å². The van der Waals surface area contributed by atoms with Crippen LogP contribution < -0.4 is 4.74 Å². The van der Waals surface area contributed by atoms with Crippen molar-refractivity contribution >= 4 is 18.5 Å². The van der Waals surface area contributed by atoms with Gasteiger partial charge in [-0.25, -0.2) is 0 Å². The van der Waals surface area contributed by atoms with Crippen molar-refractivity contribution in [3.8, 4) is 5.75 Å². The molecule has 0 saturated carbocycles. The zero-order valence-corrected chi connectivity index (χ0v) is 21.6. The molecule has 0 N–H and O–H groups in total. The van der Waals surface area contributed by atoms with Crippen molar-refractivity contribution in [2.75, 3.05) is 47.3 Å². The van der Waals surface area contributed by atoms with Gasteiger partial charge in [0.1, 0.15) is 11.9 Å². The van der Waals surface area contributed by atoms with E-state index in [1.54, 1.807) is 14.2 Å². The van der Waals surface area contributed by atoms with E-state index in [9.17, 15) is 0 Å². The predicted octanol–water partition coefficient (Wildman–Crippen LogP) is 4.62. The lowest BCUT2D eigenvalue weighted by Crippen LogP contribution is -2.23. The first kappa shape index (κ1) is 27.6. The Morgan fingerprint density at radius 3 is 2.47 bits per heavy atom. The van der Waals surface area contributed by atoms with Crippen LogP contribution in [0.3, 0.4) is 0 Å². The first-order valence-electron chi connectivity index (χ1n) is 10.8. The van der Waals surface area contributed by atoms with E-state index in [1.165, 1.54) is 0 Å². The summed E-state index contributed by atoms with van der Waals surface area (Å²) in [7, 11) is 3.29. The van der Waals surface area contributed by atoms with Gasteiger partial charge in [-0.05, 0) is 58.1 Å². The Morgan fingerprint density at radius 2 is 1.84 bits per heavy atom. The summed E-state index contributed by atoms with van der Waals surface area (Å²) >= 11 is 5.62. The highest BCUT2D eigenvalue weighted by molar-refractivity contribution is 8.07. The molecule has 1 aliphatic heterocycles. The largest absolute Gasteiger partial charge is 0.497 e. The molecule has 0 aliphatic carbocycles. The van der Waals surface area contributed by atoms with E-state index in [4.69, 9.17) is 49.1 Å². The van der Waals surface area contributed by atoms with Crippen LogP contribution in [-0.4, -0.2) is 65.1 Å². The molecular weight excluding hydrogens is 455 g/mol. The summed E-state index contributed by atoms with van der Waals surface area (Å²) < 4.78 is 45.5. The molecule has 8 nitrogen and oxygen atoms in total. The third-order valence-electron chi connectivity index (χ3n) is 4.34. The molecule has 0 radical (unpaired) electrons. The summed E-state index contributed by atoms with van der Waals surface area (Å²) in [6.45, 7) is 6.82. The third-order valence-corrected chi connectivity index (χ3v) is 7.03. The SMILES string of the molecule is COCCC(C)OP(=S)(OCCOCC1COC(c2ccc(OC)cc2)O1)OC(C)(C)C. The molecule has 1 saturated heterocycles. The quantitative estimate of drug-likeness (QED) is 0.273. The Kier molecular flexibility index (Phi) is 11.5. The fourth-order valence-corrected chi connectivity index (χ4v) is 5.87. The second-order valence-corrected chi connectivity index (χ2v) is 11.3. The van der Waals surface area contributed by atoms with Crippen LogP contribution in [0.15, 0.2) is 24.3 Å². The van der Waals surface area contributed by atoms with E-state index in [0.29, 0.717) is 32.8 Å². The van der Waals surface area contributed by atoms with Crippen molar-refractivity contribution in [3.05, 3.63) is 29.8 Å². The molecule has 184 valence electrons. The summed E-state index contributed by atoms with van der Waals surface area (Å²) in [6, 6.07) is 7.61. The summed E-state index contributed by atoms with van der Waals surface area (Å²) in [5.74, 6) is 0.791. The molecule has 4 atom stereocenters. The molecule has 1 aromatic rings. The second-order valence-electron chi connectivity index (χ2n) is 8.45. The van der Waals surface area contributed by atoms with Crippen molar-refractivity contribution in [3.63, 3.8) is 0 Å². The molecule has 0 bridgehead atoms. The monoisotopic (exact) mass is 492 g/mol. The van der Waals surface area contributed by atoms with Crippen LogP contribution in [0, 0.1) is 0 Å². The molecule has 1 heterocycles. The highest BCUT2D eigenvalue weighted by Gasteiger charge is 2.30. The lowest BCUT2D eigenvalue weighted by Gasteiger charge is -2.31. The third kappa shape index (κ3) is 10.1. The molecule has 32 heavy (non-hydrogen) atoms. The van der Waals surface area contributed by atoms with Gasteiger partial charge in [0.25, 0.3) is 0 Å². The molecule has 1 fully saturated rings. The average molecular weight is 493 g/mol. The van der Waals surface area contributed by atoms with Crippen LogP contribution in [0.4, 0.5) is 0 Å². The summed E-state index contributed by atoms with van der Waals surface area (Å²) in [4.78, 5) is 0. The summed E-state index contributed by atoms with van der Waals surface area (Å²) in [5.41, 5.74) is 0.458. The fourth-order valence-electron chi connectivity index (χ4n) is 2.86. The van der Waals surface area contributed by atoms with E-state index in [1.807, 2.05) is 52.0 Å². The van der Waals surface area contributed by atoms with Gasteiger partial charge in [0.2, 0.25) is 0 Å². The Hall–Kier alpha value is -0.610. The van der Waals surface area contributed by atoms with Crippen LogP contribution >= 0.6 is 6.72 Å². The van der Waals surface area contributed by atoms with Gasteiger partial charge >= 0.3 is 6.72 Å². The second kappa shape index (κ2) is 13.3. The molecule has 1 aliphatic rings. The maximum Gasteiger partial charge on any atom is 0.328 e. The van der Waals surface area contributed by atoms with Crippen LogP contribution in [0.5, 0.6) is 5.75 Å². The van der Waals surface area contributed by atoms with Crippen molar-refractivity contribution < 1.29 is 37.3 Å². The van der Waals surface area contributed by atoms with Crippen molar-refractivity contribution in [2.24, 2.45) is 0 Å². The van der Waals surface area contributed by atoms with E-state index in [2.05, 4.69) is 0 Å². The van der Waals surface area contributed by atoms with Crippen LogP contribution in [0.1, 0.15) is 46.0 Å². The van der Waals surface area contributed by atoms with Crippen molar-refractivity contribution in [2.45, 2.75) is 58.2 Å². The van der Waals surface area contributed by atoms with Gasteiger partial charge in [0.15, 0.2) is 6.29 Å². The first-order valence-corrected chi connectivity index (χ1v) is 13.3. The first-order chi connectivity index (χ1) is 15.1. The standard InChI is InChI=1S/C22H37O8PS/c1-17(11-12-23-5)29-31(32,30-22(2,3)4)27-14-13-25-15-20-16-26-21(28-20)18-7-9-19(24-6)10-8-18/h7-10,17,20-21H,11-16H2,1-6H3. The zero-order valence-electron chi connectivity index (χ0n) is 19.9. The molecule has 2 rings (SSSR count). The Bertz CT molecular complexity index is 709. The molecule has 1 aromatic carbocycles. The topological polar surface area (TPSA) is 73.8 Å². The predicted molar refractivity (Wildman–Crippen MR) is 125 cm³/mol. The number of rotatable bonds is 14. The highest BCUT2D eigenvalue weighted by atomic mass is 32.5. The Balaban J connectivity index is 1.73. The minimum atomic E-state index is -2.93. The highest BCUT2D eigenvalue weighted by Crippen LogP contribution is 2.54. The Morgan fingerprint density at radius 1 is 1.12 bits per heavy atom. The Labute approximate surface area is 197 Å². The van der Waals surface area contributed by atoms with E-state index in [-0.39, 0.29) is 18.8 Å². The normalized spacial score (nSPS) is 21.9. The van der Waals surface area contributed by atoms with E-state index < -0.39 is 18.6 Å². The number of methoxy groups -OCH3 is 2. The zero-order chi connectivity index (χ0) is 23.6.